The highest BCUT2D eigenvalue weighted by molar-refractivity contribution is 5.79. The first-order valence-electron chi connectivity index (χ1n) is 6.43. The fourth-order valence-electron chi connectivity index (χ4n) is 2.38. The molecule has 104 valence electrons. The van der Waals surface area contributed by atoms with E-state index in [1.165, 1.54) is 0 Å². The van der Waals surface area contributed by atoms with E-state index < -0.39 is 0 Å². The summed E-state index contributed by atoms with van der Waals surface area (Å²) in [5.41, 5.74) is 3.31. The summed E-state index contributed by atoms with van der Waals surface area (Å²) in [6, 6.07) is 1.91. The smallest absolute Gasteiger partial charge is 0.239 e. The Hall–Kier alpha value is -1.89. The van der Waals surface area contributed by atoms with Crippen LogP contribution in [0, 0.1) is 12.8 Å². The average Bonchev–Trinajstić information content (AvgIpc) is 2.45. The van der Waals surface area contributed by atoms with E-state index in [0.717, 1.165) is 30.9 Å². The highest BCUT2D eigenvalue weighted by Gasteiger charge is 2.26. The van der Waals surface area contributed by atoms with Crippen LogP contribution in [0.1, 0.15) is 18.5 Å². The number of nitrogens with zero attached hydrogens (tertiary/aromatic N) is 3. The number of aryl methyl sites for hydroxylation is 1. The predicted molar refractivity (Wildman–Crippen MR) is 73.6 cm³/mol. The second kappa shape index (κ2) is 5.83. The molecule has 1 aliphatic heterocycles. The lowest BCUT2D eigenvalue weighted by molar-refractivity contribution is -0.124. The first-order chi connectivity index (χ1) is 9.13. The molecule has 2 rings (SSSR count). The number of amides is 1. The molecule has 1 saturated heterocycles. The van der Waals surface area contributed by atoms with Crippen molar-refractivity contribution in [2.24, 2.45) is 11.8 Å². The maximum atomic E-state index is 11.7. The average molecular weight is 264 g/mol. The fourth-order valence-corrected chi connectivity index (χ4v) is 2.38. The maximum absolute atomic E-state index is 11.7. The van der Waals surface area contributed by atoms with Gasteiger partial charge in [-0.05, 0) is 19.8 Å². The molecule has 19 heavy (non-hydrogen) atoms. The Morgan fingerprint density at radius 1 is 1.53 bits per heavy atom. The zero-order chi connectivity index (χ0) is 13.8. The van der Waals surface area contributed by atoms with Gasteiger partial charge in [-0.15, -0.1) is 0 Å². The van der Waals surface area contributed by atoms with Crippen LogP contribution in [0.25, 0.3) is 0 Å². The molecule has 0 aliphatic carbocycles. The van der Waals surface area contributed by atoms with Crippen LogP contribution in [0.4, 0.5) is 11.8 Å². The van der Waals surface area contributed by atoms with Crippen molar-refractivity contribution < 1.29 is 4.79 Å². The first kappa shape index (κ1) is 13.5. The normalized spacial score (nSPS) is 19.1. The topological polar surface area (TPSA) is 96.2 Å². The summed E-state index contributed by atoms with van der Waals surface area (Å²) in [5.74, 6) is 6.68. The maximum Gasteiger partial charge on any atom is 0.239 e. The lowest BCUT2D eigenvalue weighted by Crippen LogP contribution is -2.42. The Labute approximate surface area is 112 Å². The van der Waals surface area contributed by atoms with Crippen molar-refractivity contribution >= 4 is 17.7 Å². The molecule has 0 bridgehead atoms. The molecule has 1 amide bonds. The molecule has 1 atom stereocenters. The minimum atomic E-state index is 0.0170. The third kappa shape index (κ3) is 3.11. The molecule has 1 fully saturated rings. The number of hydrogen-bond donors (Lipinski definition) is 3. The van der Waals surface area contributed by atoms with Crippen LogP contribution < -0.4 is 21.5 Å². The highest BCUT2D eigenvalue weighted by atomic mass is 16.1. The van der Waals surface area contributed by atoms with Crippen molar-refractivity contribution in [3.63, 3.8) is 0 Å². The van der Waals surface area contributed by atoms with Gasteiger partial charge in [0.25, 0.3) is 0 Å². The second-order valence-corrected chi connectivity index (χ2v) is 4.73. The van der Waals surface area contributed by atoms with E-state index in [0.29, 0.717) is 12.5 Å². The second-order valence-electron chi connectivity index (χ2n) is 4.73. The Balaban J connectivity index is 2.17. The van der Waals surface area contributed by atoms with E-state index in [1.54, 1.807) is 7.05 Å². The van der Waals surface area contributed by atoms with Gasteiger partial charge in [-0.2, -0.15) is 4.98 Å². The van der Waals surface area contributed by atoms with Crippen molar-refractivity contribution in [3.8, 4) is 0 Å². The lowest BCUT2D eigenvalue weighted by Gasteiger charge is -2.32. The zero-order valence-corrected chi connectivity index (χ0v) is 11.3. The fraction of sp³-hybridized carbons (Fsp3) is 0.583. The summed E-state index contributed by atoms with van der Waals surface area (Å²) < 4.78 is 0. The molecule has 0 saturated carbocycles. The van der Waals surface area contributed by atoms with Crippen LogP contribution >= 0.6 is 0 Å². The Morgan fingerprint density at radius 3 is 3.00 bits per heavy atom. The van der Waals surface area contributed by atoms with Gasteiger partial charge in [-0.3, -0.25) is 10.2 Å². The highest BCUT2D eigenvalue weighted by Crippen LogP contribution is 2.23. The quantitative estimate of drug-likeness (QED) is 0.526. The van der Waals surface area contributed by atoms with E-state index in [-0.39, 0.29) is 11.8 Å². The molecule has 1 aromatic heterocycles. The molecule has 7 nitrogen and oxygen atoms in total. The monoisotopic (exact) mass is 264 g/mol. The Bertz CT molecular complexity index is 464. The number of nitrogens with one attached hydrogen (secondary N) is 2. The van der Waals surface area contributed by atoms with E-state index in [4.69, 9.17) is 5.84 Å². The van der Waals surface area contributed by atoms with Gasteiger partial charge in [0.2, 0.25) is 11.9 Å². The summed E-state index contributed by atoms with van der Waals surface area (Å²) in [4.78, 5) is 22.3. The van der Waals surface area contributed by atoms with Gasteiger partial charge in [0, 0.05) is 31.9 Å². The van der Waals surface area contributed by atoms with Gasteiger partial charge in [0.15, 0.2) is 0 Å². The summed E-state index contributed by atoms with van der Waals surface area (Å²) >= 11 is 0. The molecule has 0 radical (unpaired) electrons. The minimum Gasteiger partial charge on any atom is -0.359 e. The van der Waals surface area contributed by atoms with Crippen LogP contribution in [0.3, 0.4) is 0 Å². The van der Waals surface area contributed by atoms with Crippen LogP contribution in [-0.4, -0.2) is 36.0 Å². The number of hydrogen-bond acceptors (Lipinski definition) is 6. The molecule has 0 aromatic carbocycles. The van der Waals surface area contributed by atoms with Gasteiger partial charge in [0.05, 0.1) is 5.92 Å². The number of piperidine rings is 1. The summed E-state index contributed by atoms with van der Waals surface area (Å²) in [7, 11) is 1.67. The zero-order valence-electron chi connectivity index (χ0n) is 11.3. The number of aromatic nitrogens is 2. The van der Waals surface area contributed by atoms with Crippen LogP contribution in [0.15, 0.2) is 6.07 Å². The third-order valence-corrected chi connectivity index (χ3v) is 3.33. The van der Waals surface area contributed by atoms with Crippen molar-refractivity contribution in [1.29, 1.82) is 0 Å². The molecule has 0 spiro atoms. The number of carbonyl (C=O) groups is 1. The Kier molecular flexibility index (Phi) is 4.16. The third-order valence-electron chi connectivity index (χ3n) is 3.33. The molecule has 2 heterocycles. The molecule has 1 aromatic rings. The number of carbonyl (C=O) groups excluding carboxylic acids is 1. The van der Waals surface area contributed by atoms with E-state index in [9.17, 15) is 4.79 Å². The summed E-state index contributed by atoms with van der Waals surface area (Å²) in [6.07, 6.45) is 1.90. The lowest BCUT2D eigenvalue weighted by atomic mass is 9.97. The van der Waals surface area contributed by atoms with Crippen LogP contribution in [0.5, 0.6) is 0 Å². The SMILES string of the molecule is CNC(=O)C1CCCN(c2cc(C)nc(NN)n2)C1. The first-order valence-corrected chi connectivity index (χ1v) is 6.43. The minimum absolute atomic E-state index is 0.0170. The summed E-state index contributed by atoms with van der Waals surface area (Å²) in [5, 5.41) is 2.71. The molecule has 4 N–H and O–H groups in total. The van der Waals surface area contributed by atoms with Crippen molar-refractivity contribution in [1.82, 2.24) is 15.3 Å². The number of rotatable bonds is 3. The summed E-state index contributed by atoms with van der Waals surface area (Å²) in [6.45, 7) is 3.47. The van der Waals surface area contributed by atoms with Gasteiger partial charge in [-0.1, -0.05) is 0 Å². The van der Waals surface area contributed by atoms with Gasteiger partial charge in [-0.25, -0.2) is 10.8 Å². The number of nitrogen functional groups attached to an aromatic ring is 1. The predicted octanol–water partition coefficient (Wildman–Crippen LogP) is 0.0330. The molecule has 1 aliphatic rings. The standard InChI is InChI=1S/C12H20N6O/c1-8-6-10(16-12(15-8)17-13)18-5-3-4-9(7-18)11(19)14-2/h6,9H,3-5,7,13H2,1-2H3,(H,14,19)(H,15,16,17). The molecule has 7 heteroatoms. The number of anilines is 2. The van der Waals surface area contributed by atoms with Gasteiger partial charge < -0.3 is 10.2 Å². The van der Waals surface area contributed by atoms with Crippen molar-refractivity contribution in [2.45, 2.75) is 19.8 Å². The number of hydrazine groups is 1. The molecule has 1 unspecified atom stereocenters. The van der Waals surface area contributed by atoms with Crippen LogP contribution in [0.2, 0.25) is 0 Å². The van der Waals surface area contributed by atoms with Gasteiger partial charge >= 0.3 is 0 Å². The van der Waals surface area contributed by atoms with E-state index >= 15 is 0 Å². The Morgan fingerprint density at radius 2 is 2.32 bits per heavy atom. The van der Waals surface area contributed by atoms with Crippen molar-refractivity contribution in [3.05, 3.63) is 11.8 Å². The van der Waals surface area contributed by atoms with Crippen molar-refractivity contribution in [2.75, 3.05) is 30.5 Å². The number of nitrogens with two attached hydrogens (primary N) is 1. The molecular formula is C12H20N6O. The molecular weight excluding hydrogens is 244 g/mol. The largest absolute Gasteiger partial charge is 0.359 e. The van der Waals surface area contributed by atoms with Crippen LogP contribution in [-0.2, 0) is 4.79 Å². The van der Waals surface area contributed by atoms with Gasteiger partial charge in [0.1, 0.15) is 5.82 Å². The van der Waals surface area contributed by atoms with E-state index in [1.807, 2.05) is 13.0 Å². The van der Waals surface area contributed by atoms with E-state index in [2.05, 4.69) is 25.6 Å².